The molecule has 1 amide bonds. The van der Waals surface area contributed by atoms with Gasteiger partial charge in [0.2, 0.25) is 11.9 Å². The number of carbonyl (C=O) groups excluding carboxylic acids is 1. The zero-order chi connectivity index (χ0) is 20.7. The van der Waals surface area contributed by atoms with Crippen LogP contribution >= 0.6 is 11.6 Å². The number of hydrogen-bond acceptors (Lipinski definition) is 6. The van der Waals surface area contributed by atoms with Crippen LogP contribution in [0.4, 0.5) is 5.95 Å². The van der Waals surface area contributed by atoms with Crippen molar-refractivity contribution in [1.82, 2.24) is 14.9 Å². The van der Waals surface area contributed by atoms with Gasteiger partial charge >= 0.3 is 7.12 Å². The van der Waals surface area contributed by atoms with E-state index in [2.05, 4.69) is 28.7 Å². The molecule has 9 heteroatoms. The number of carbonyl (C=O) groups is 1. The normalized spacial score (nSPS) is 23.5. The third kappa shape index (κ3) is 4.00. The van der Waals surface area contributed by atoms with E-state index in [1.807, 2.05) is 32.6 Å². The van der Waals surface area contributed by atoms with Crippen LogP contribution in [0.15, 0.2) is 12.4 Å². The van der Waals surface area contributed by atoms with Crippen LogP contribution in [0.25, 0.3) is 0 Å². The first-order valence-electron chi connectivity index (χ1n) is 9.85. The number of likely N-dealkylation sites (tertiary alicyclic amines) is 1. The van der Waals surface area contributed by atoms with Crippen molar-refractivity contribution >= 4 is 36.0 Å². The first-order chi connectivity index (χ1) is 13.1. The molecule has 0 saturated carbocycles. The maximum atomic E-state index is 11.9. The van der Waals surface area contributed by atoms with Crippen LogP contribution in [-0.4, -0.2) is 70.1 Å². The summed E-state index contributed by atoms with van der Waals surface area (Å²) < 4.78 is 12.2. The second kappa shape index (κ2) is 7.80. The van der Waals surface area contributed by atoms with Crippen LogP contribution in [0.2, 0.25) is 0 Å². The Labute approximate surface area is 172 Å². The highest BCUT2D eigenvalue weighted by Gasteiger charge is 2.52. The van der Waals surface area contributed by atoms with Gasteiger partial charge in [0.15, 0.2) is 0 Å². The maximum absolute atomic E-state index is 11.9. The second-order valence-electron chi connectivity index (χ2n) is 8.82. The van der Waals surface area contributed by atoms with Crippen LogP contribution in [0, 0.1) is 0 Å². The zero-order valence-electron chi connectivity index (χ0n) is 17.6. The Morgan fingerprint density at radius 2 is 1.86 bits per heavy atom. The van der Waals surface area contributed by atoms with Crippen molar-refractivity contribution in [1.29, 1.82) is 0 Å². The Morgan fingerprint density at radius 1 is 1.29 bits per heavy atom. The van der Waals surface area contributed by atoms with Gasteiger partial charge in [-0.15, -0.1) is 11.6 Å². The molecule has 0 radical (unpaired) electrons. The molecule has 2 aliphatic heterocycles. The molecule has 28 heavy (non-hydrogen) atoms. The lowest BCUT2D eigenvalue weighted by molar-refractivity contribution is -0.127. The molecule has 1 aromatic rings. The van der Waals surface area contributed by atoms with Gasteiger partial charge < -0.3 is 19.1 Å². The smallest absolute Gasteiger partial charge is 0.399 e. The second-order valence-corrected chi connectivity index (χ2v) is 9.09. The first kappa shape index (κ1) is 21.3. The van der Waals surface area contributed by atoms with Gasteiger partial charge in [0.05, 0.1) is 17.2 Å². The molecule has 7 nitrogen and oxygen atoms in total. The van der Waals surface area contributed by atoms with Crippen molar-refractivity contribution in [2.24, 2.45) is 0 Å². The standard InChI is InChI=1S/C19H30BClN4O3/c1-13(2)25(15-7-8-24(12-15)16(26)9-21)17-22-10-14(11-23-17)20-27-18(3,4)19(5,6)28-20/h10-11,13,15H,7-9,12H2,1-6H3/t15-/m0/s1. The van der Waals surface area contributed by atoms with Crippen LogP contribution in [-0.2, 0) is 14.1 Å². The molecule has 0 aliphatic carbocycles. The molecule has 3 heterocycles. The Hall–Kier alpha value is -1.38. The molecule has 2 saturated heterocycles. The molecule has 0 spiro atoms. The lowest BCUT2D eigenvalue weighted by atomic mass is 9.81. The van der Waals surface area contributed by atoms with Crippen molar-refractivity contribution in [2.45, 2.75) is 71.2 Å². The molecular weight excluding hydrogens is 378 g/mol. The lowest BCUT2D eigenvalue weighted by Crippen LogP contribution is -2.44. The molecule has 154 valence electrons. The Kier molecular flexibility index (Phi) is 5.95. The van der Waals surface area contributed by atoms with Gasteiger partial charge in [-0.3, -0.25) is 4.79 Å². The highest BCUT2D eigenvalue weighted by molar-refractivity contribution is 6.61. The van der Waals surface area contributed by atoms with Crippen molar-refractivity contribution in [3.63, 3.8) is 0 Å². The van der Waals surface area contributed by atoms with Crippen LogP contribution < -0.4 is 10.4 Å². The molecule has 0 bridgehead atoms. The van der Waals surface area contributed by atoms with E-state index in [0.717, 1.165) is 11.9 Å². The minimum Gasteiger partial charge on any atom is -0.399 e. The quantitative estimate of drug-likeness (QED) is 0.547. The molecule has 0 unspecified atom stereocenters. The predicted octanol–water partition coefficient (Wildman–Crippen LogP) is 1.83. The molecule has 0 N–H and O–H groups in total. The summed E-state index contributed by atoms with van der Waals surface area (Å²) in [6.45, 7) is 13.7. The van der Waals surface area contributed by atoms with Gasteiger partial charge in [-0.1, -0.05) is 0 Å². The van der Waals surface area contributed by atoms with E-state index in [1.54, 1.807) is 12.4 Å². The third-order valence-corrected chi connectivity index (χ3v) is 6.22. The van der Waals surface area contributed by atoms with Crippen molar-refractivity contribution in [3.8, 4) is 0 Å². The largest absolute Gasteiger partial charge is 0.498 e. The highest BCUT2D eigenvalue weighted by Crippen LogP contribution is 2.36. The summed E-state index contributed by atoms with van der Waals surface area (Å²) in [5, 5.41) is 0. The predicted molar refractivity (Wildman–Crippen MR) is 111 cm³/mol. The number of aromatic nitrogens is 2. The van der Waals surface area contributed by atoms with Gasteiger partial charge in [0, 0.05) is 37.0 Å². The number of hydrogen-bond donors (Lipinski definition) is 0. The Balaban J connectivity index is 1.75. The summed E-state index contributed by atoms with van der Waals surface area (Å²) in [4.78, 5) is 25.1. The Bertz CT molecular complexity index is 698. The minimum absolute atomic E-state index is 0.0215. The monoisotopic (exact) mass is 408 g/mol. The number of alkyl halides is 1. The summed E-state index contributed by atoms with van der Waals surface area (Å²) in [5.74, 6) is 0.651. The van der Waals surface area contributed by atoms with Crippen molar-refractivity contribution < 1.29 is 14.1 Å². The summed E-state index contributed by atoms with van der Waals surface area (Å²) >= 11 is 5.71. The number of amides is 1. The van der Waals surface area contributed by atoms with Gasteiger partial charge in [-0.05, 0) is 48.0 Å². The van der Waals surface area contributed by atoms with Gasteiger partial charge in [0.25, 0.3) is 0 Å². The zero-order valence-corrected chi connectivity index (χ0v) is 18.4. The molecule has 1 aromatic heterocycles. The molecule has 2 fully saturated rings. The minimum atomic E-state index is -0.477. The average Bonchev–Trinajstić information content (AvgIpc) is 3.17. The third-order valence-electron chi connectivity index (χ3n) is 5.99. The first-order valence-corrected chi connectivity index (χ1v) is 10.4. The maximum Gasteiger partial charge on any atom is 0.498 e. The molecule has 2 aliphatic rings. The van der Waals surface area contributed by atoms with E-state index in [0.29, 0.717) is 19.0 Å². The SMILES string of the molecule is CC(C)N(c1ncc(B2OC(C)(C)C(C)(C)O2)cn1)[C@H]1CCN(C(=O)CCl)C1. The van der Waals surface area contributed by atoms with E-state index in [1.165, 1.54) is 0 Å². The molecular formula is C19H30BClN4O3. The number of nitrogens with zero attached hydrogens (tertiary/aromatic N) is 4. The lowest BCUT2D eigenvalue weighted by Gasteiger charge is -2.32. The summed E-state index contributed by atoms with van der Waals surface area (Å²) in [6, 6.07) is 0.383. The molecule has 3 rings (SSSR count). The van der Waals surface area contributed by atoms with Crippen molar-refractivity contribution in [3.05, 3.63) is 12.4 Å². The molecule has 1 atom stereocenters. The summed E-state index contributed by atoms with van der Waals surface area (Å²) in [7, 11) is -0.477. The fourth-order valence-corrected chi connectivity index (χ4v) is 3.83. The van der Waals surface area contributed by atoms with E-state index in [-0.39, 0.29) is 23.9 Å². The van der Waals surface area contributed by atoms with Crippen molar-refractivity contribution in [2.75, 3.05) is 23.9 Å². The van der Waals surface area contributed by atoms with Crippen LogP contribution in [0.3, 0.4) is 0 Å². The van der Waals surface area contributed by atoms with E-state index in [4.69, 9.17) is 20.9 Å². The highest BCUT2D eigenvalue weighted by atomic mass is 35.5. The Morgan fingerprint density at radius 3 is 2.36 bits per heavy atom. The van der Waals surface area contributed by atoms with Gasteiger partial charge in [-0.25, -0.2) is 9.97 Å². The summed E-state index contributed by atoms with van der Waals surface area (Å²) in [5.41, 5.74) is 0.00183. The number of rotatable bonds is 5. The van der Waals surface area contributed by atoms with E-state index < -0.39 is 18.3 Å². The van der Waals surface area contributed by atoms with Crippen LogP contribution in [0.1, 0.15) is 48.0 Å². The number of anilines is 1. The van der Waals surface area contributed by atoms with Gasteiger partial charge in [-0.2, -0.15) is 0 Å². The summed E-state index contributed by atoms with van der Waals surface area (Å²) in [6.07, 6.45) is 4.43. The topological polar surface area (TPSA) is 67.8 Å². The van der Waals surface area contributed by atoms with Gasteiger partial charge in [0.1, 0.15) is 5.88 Å². The average molecular weight is 409 g/mol. The van der Waals surface area contributed by atoms with Crippen LogP contribution in [0.5, 0.6) is 0 Å². The fraction of sp³-hybridized carbons (Fsp3) is 0.737. The van der Waals surface area contributed by atoms with E-state index in [9.17, 15) is 4.79 Å². The molecule has 0 aromatic carbocycles. The number of halogens is 1. The fourth-order valence-electron chi connectivity index (χ4n) is 3.66. The van der Waals surface area contributed by atoms with E-state index >= 15 is 0 Å².